The van der Waals surface area contributed by atoms with Crippen molar-refractivity contribution in [2.45, 2.75) is 43.5 Å². The summed E-state index contributed by atoms with van der Waals surface area (Å²) in [6.45, 7) is 1.79. The van der Waals surface area contributed by atoms with Gasteiger partial charge in [-0.25, -0.2) is 13.1 Å². The number of nitrogens with one attached hydrogen (secondary N) is 1. The van der Waals surface area contributed by atoms with Gasteiger partial charge in [0.1, 0.15) is 0 Å². The molecule has 1 aliphatic rings. The number of halogens is 1. The van der Waals surface area contributed by atoms with Crippen molar-refractivity contribution < 1.29 is 13.3 Å². The molecule has 2 rings (SSSR count). The average Bonchev–Trinajstić information content (AvgIpc) is 2.98. The molecule has 3 N–H and O–H groups in total. The van der Waals surface area contributed by atoms with Crippen molar-refractivity contribution in [2.24, 2.45) is 11.7 Å². The van der Waals surface area contributed by atoms with Gasteiger partial charge in [0.25, 0.3) is 5.69 Å². The number of benzene rings is 1. The highest BCUT2D eigenvalue weighted by Crippen LogP contribution is 2.29. The van der Waals surface area contributed by atoms with Gasteiger partial charge >= 0.3 is 0 Å². The highest BCUT2D eigenvalue weighted by Gasteiger charge is 2.29. The fourth-order valence-corrected chi connectivity index (χ4v) is 4.25. The van der Waals surface area contributed by atoms with E-state index < -0.39 is 14.9 Å². The second kappa shape index (κ2) is 8.05. The van der Waals surface area contributed by atoms with Gasteiger partial charge < -0.3 is 5.73 Å². The zero-order valence-corrected chi connectivity index (χ0v) is 14.5. The first-order valence-electron chi connectivity index (χ1n) is 7.32. The van der Waals surface area contributed by atoms with E-state index in [0.717, 1.165) is 31.7 Å². The maximum Gasteiger partial charge on any atom is 0.273 e. The molecule has 1 atom stereocenters. The molecule has 1 saturated carbocycles. The third-order valence-corrected chi connectivity index (χ3v) is 5.70. The largest absolute Gasteiger partial charge is 0.329 e. The third kappa shape index (κ3) is 4.63. The van der Waals surface area contributed by atoms with Crippen molar-refractivity contribution in [3.05, 3.63) is 33.9 Å². The lowest BCUT2D eigenvalue weighted by Crippen LogP contribution is -2.44. The van der Waals surface area contributed by atoms with Crippen LogP contribution in [0.15, 0.2) is 23.1 Å². The molecule has 1 aromatic rings. The van der Waals surface area contributed by atoms with Crippen molar-refractivity contribution in [1.29, 1.82) is 0 Å². The Morgan fingerprint density at radius 2 is 2.00 bits per heavy atom. The Labute approximate surface area is 142 Å². The summed E-state index contributed by atoms with van der Waals surface area (Å²) in [5.74, 6) is 0.236. The van der Waals surface area contributed by atoms with E-state index in [-0.39, 0.29) is 41.5 Å². The first-order chi connectivity index (χ1) is 10.3. The van der Waals surface area contributed by atoms with Gasteiger partial charge in [0.15, 0.2) is 0 Å². The smallest absolute Gasteiger partial charge is 0.273 e. The van der Waals surface area contributed by atoms with Crippen molar-refractivity contribution in [3.63, 3.8) is 0 Å². The summed E-state index contributed by atoms with van der Waals surface area (Å²) in [5.41, 5.74) is 5.93. The Morgan fingerprint density at radius 1 is 1.39 bits per heavy atom. The van der Waals surface area contributed by atoms with Crippen LogP contribution < -0.4 is 10.5 Å². The molecule has 0 bridgehead atoms. The monoisotopic (exact) mass is 363 g/mol. The van der Waals surface area contributed by atoms with E-state index in [1.807, 2.05) is 0 Å². The molecule has 0 radical (unpaired) electrons. The van der Waals surface area contributed by atoms with E-state index in [1.54, 1.807) is 6.92 Å². The van der Waals surface area contributed by atoms with E-state index in [2.05, 4.69) is 4.72 Å². The molecule has 0 heterocycles. The number of nitro benzene ring substituents is 1. The minimum Gasteiger partial charge on any atom is -0.329 e. The lowest BCUT2D eigenvalue weighted by atomic mass is 9.99. The molecule has 1 fully saturated rings. The highest BCUT2D eigenvalue weighted by atomic mass is 35.5. The van der Waals surface area contributed by atoms with Crippen molar-refractivity contribution in [2.75, 3.05) is 6.54 Å². The summed E-state index contributed by atoms with van der Waals surface area (Å²) in [6.07, 6.45) is 4.08. The van der Waals surface area contributed by atoms with Gasteiger partial charge in [-0.3, -0.25) is 10.1 Å². The predicted octanol–water partition coefficient (Wildman–Crippen LogP) is 2.12. The summed E-state index contributed by atoms with van der Waals surface area (Å²) < 4.78 is 27.5. The number of hydrogen-bond acceptors (Lipinski definition) is 5. The summed E-state index contributed by atoms with van der Waals surface area (Å²) in [6, 6.07) is 3.60. The summed E-state index contributed by atoms with van der Waals surface area (Å²) in [4.78, 5) is 10.3. The van der Waals surface area contributed by atoms with Gasteiger partial charge in [-0.15, -0.1) is 12.4 Å². The van der Waals surface area contributed by atoms with Crippen LogP contribution in [0.1, 0.15) is 31.2 Å². The minimum atomic E-state index is -3.82. The van der Waals surface area contributed by atoms with Crippen molar-refractivity contribution in [1.82, 2.24) is 4.72 Å². The van der Waals surface area contributed by atoms with Crippen LogP contribution in [-0.2, 0) is 10.0 Å². The van der Waals surface area contributed by atoms with Gasteiger partial charge in [-0.2, -0.15) is 0 Å². The van der Waals surface area contributed by atoms with Crippen molar-refractivity contribution in [3.8, 4) is 0 Å². The highest BCUT2D eigenvalue weighted by molar-refractivity contribution is 7.89. The molecular weight excluding hydrogens is 342 g/mol. The molecule has 130 valence electrons. The van der Waals surface area contributed by atoms with E-state index in [0.29, 0.717) is 5.56 Å². The van der Waals surface area contributed by atoms with Crippen LogP contribution in [-0.4, -0.2) is 25.9 Å². The lowest BCUT2D eigenvalue weighted by molar-refractivity contribution is -0.385. The molecule has 1 aromatic carbocycles. The summed E-state index contributed by atoms with van der Waals surface area (Å²) in [7, 11) is -3.82. The molecule has 1 unspecified atom stereocenters. The molecule has 0 aromatic heterocycles. The van der Waals surface area contributed by atoms with Gasteiger partial charge in [-0.05, 0) is 31.7 Å². The normalized spacial score (nSPS) is 16.8. The molecule has 0 spiro atoms. The maximum absolute atomic E-state index is 12.5. The molecule has 0 aliphatic heterocycles. The molecule has 7 nitrogen and oxygen atoms in total. The van der Waals surface area contributed by atoms with Crippen LogP contribution in [0.25, 0.3) is 0 Å². The van der Waals surface area contributed by atoms with Crippen LogP contribution in [0, 0.1) is 23.0 Å². The number of nitro groups is 1. The number of nitrogens with two attached hydrogens (primary N) is 1. The van der Waals surface area contributed by atoms with Crippen LogP contribution in [0.3, 0.4) is 0 Å². The first-order valence-corrected chi connectivity index (χ1v) is 8.81. The van der Waals surface area contributed by atoms with Crippen LogP contribution in [0.5, 0.6) is 0 Å². The van der Waals surface area contributed by atoms with Crippen LogP contribution >= 0.6 is 12.4 Å². The molecule has 0 amide bonds. The molecular formula is C14H22ClN3O4S. The number of rotatable bonds is 6. The Balaban J connectivity index is 0.00000264. The maximum atomic E-state index is 12.5. The van der Waals surface area contributed by atoms with Gasteiger partial charge in [-0.1, -0.05) is 18.9 Å². The summed E-state index contributed by atoms with van der Waals surface area (Å²) >= 11 is 0. The predicted molar refractivity (Wildman–Crippen MR) is 90.2 cm³/mol. The standard InChI is InChI=1S/C14H21N3O4S.ClH/c1-10-6-7-12(8-14(10)17(18)19)22(20,21)16-13(9-15)11-4-2-3-5-11;/h6-8,11,13,16H,2-5,9,15H2,1H3;1H. The topological polar surface area (TPSA) is 115 Å². The summed E-state index contributed by atoms with van der Waals surface area (Å²) in [5, 5.41) is 11.0. The van der Waals surface area contributed by atoms with Gasteiger partial charge in [0.05, 0.1) is 9.82 Å². The van der Waals surface area contributed by atoms with Gasteiger partial charge in [0.2, 0.25) is 10.0 Å². The molecule has 23 heavy (non-hydrogen) atoms. The minimum absolute atomic E-state index is 0. The van der Waals surface area contributed by atoms with Crippen LogP contribution in [0.2, 0.25) is 0 Å². The fourth-order valence-electron chi connectivity index (χ4n) is 2.92. The van der Waals surface area contributed by atoms with E-state index in [9.17, 15) is 18.5 Å². The molecule has 9 heteroatoms. The second-order valence-corrected chi connectivity index (χ2v) is 7.43. The lowest BCUT2D eigenvalue weighted by Gasteiger charge is -2.23. The van der Waals surface area contributed by atoms with Crippen LogP contribution in [0.4, 0.5) is 5.69 Å². The Bertz CT molecular complexity index is 660. The van der Waals surface area contributed by atoms with E-state index in [4.69, 9.17) is 5.73 Å². The zero-order valence-electron chi connectivity index (χ0n) is 12.9. The quantitative estimate of drug-likeness (QED) is 0.593. The average molecular weight is 364 g/mol. The molecule has 0 saturated heterocycles. The SMILES string of the molecule is Cc1ccc(S(=O)(=O)NC(CN)C2CCCC2)cc1[N+](=O)[O-].Cl. The second-order valence-electron chi connectivity index (χ2n) is 5.71. The fraction of sp³-hybridized carbons (Fsp3) is 0.571. The van der Waals surface area contributed by atoms with Crippen molar-refractivity contribution >= 4 is 28.1 Å². The number of sulfonamides is 1. The Kier molecular flexibility index (Phi) is 6.94. The van der Waals surface area contributed by atoms with E-state index in [1.165, 1.54) is 12.1 Å². The molecule has 1 aliphatic carbocycles. The number of aryl methyl sites for hydroxylation is 1. The Morgan fingerprint density at radius 3 is 2.52 bits per heavy atom. The van der Waals surface area contributed by atoms with E-state index >= 15 is 0 Å². The number of hydrogen-bond donors (Lipinski definition) is 2. The Hall–Kier alpha value is -1.22. The number of nitrogens with zero attached hydrogens (tertiary/aromatic N) is 1. The zero-order chi connectivity index (χ0) is 16.3. The third-order valence-electron chi connectivity index (χ3n) is 4.22. The van der Waals surface area contributed by atoms with Gasteiger partial charge in [0, 0.05) is 24.2 Å². The first kappa shape index (κ1) is 19.8.